The summed E-state index contributed by atoms with van der Waals surface area (Å²) in [6.45, 7) is 0. The molecule has 0 radical (unpaired) electrons. The maximum absolute atomic E-state index is 6.18. The molecule has 0 atom stereocenters. The Morgan fingerprint density at radius 1 is 0.789 bits per heavy atom. The molecule has 0 heterocycles. The Kier molecular flexibility index (Phi) is 6.25. The number of benzene rings is 2. The van der Waals surface area contributed by atoms with Crippen LogP contribution >= 0.6 is 8.15 Å². The molecule has 0 aliphatic carbocycles. The molecule has 0 saturated heterocycles. The monoisotopic (exact) mass is 306 g/mol. The molecule has 0 fully saturated rings. The second-order valence-electron chi connectivity index (χ2n) is 4.03. The van der Waals surface area contributed by atoms with Gasteiger partial charge in [-0.15, -0.1) is 0 Å². The third kappa shape index (κ3) is 4.25. The second-order valence-corrected chi connectivity index (χ2v) is 6.53. The first-order chi connectivity index (χ1) is 9.35. The fraction of sp³-hybridized carbons (Fsp3) is 0.200. The van der Waals surface area contributed by atoms with Crippen molar-refractivity contribution in [3.63, 3.8) is 0 Å². The summed E-state index contributed by atoms with van der Waals surface area (Å²) in [5, 5.41) is 2.39. The van der Waals surface area contributed by atoms with E-state index in [2.05, 4.69) is 24.3 Å². The van der Waals surface area contributed by atoms with Gasteiger partial charge < -0.3 is 29.8 Å². The third-order valence-electron chi connectivity index (χ3n) is 2.61. The zero-order chi connectivity index (χ0) is 13.5. The molecule has 4 heteroatoms. The first kappa shape index (κ1) is 14.9. The van der Waals surface area contributed by atoms with Gasteiger partial charge in [-0.25, -0.2) is 0 Å². The van der Waals surface area contributed by atoms with E-state index in [0.29, 0.717) is 11.5 Å². The van der Waals surface area contributed by atoms with Crippen LogP contribution < -0.4 is 10.6 Å². The lowest BCUT2D eigenvalue weighted by Gasteiger charge is -2.29. The molecule has 0 aromatic heterocycles. The van der Waals surface area contributed by atoms with Crippen LogP contribution in [0.1, 0.15) is 0 Å². The van der Waals surface area contributed by atoms with Crippen molar-refractivity contribution in [2.24, 2.45) is 0 Å². The van der Waals surface area contributed by atoms with Crippen LogP contribution in [0.2, 0.25) is 0 Å². The lowest BCUT2D eigenvalue weighted by Crippen LogP contribution is -2.23. The Hall–Kier alpha value is -0.470. The van der Waals surface area contributed by atoms with E-state index in [1.807, 2.05) is 36.4 Å². The first-order valence-corrected chi connectivity index (χ1v) is 8.49. The lowest BCUT2D eigenvalue weighted by molar-refractivity contribution is 0.288. The quantitative estimate of drug-likeness (QED) is 0.599. The predicted octanol–water partition coefficient (Wildman–Crippen LogP) is 2.51. The van der Waals surface area contributed by atoms with E-state index < -0.39 is 8.15 Å². The van der Waals surface area contributed by atoms with Gasteiger partial charge >= 0.3 is 0 Å². The van der Waals surface area contributed by atoms with Crippen LogP contribution in [0.25, 0.3) is 0 Å². The molecular formula is C15H15OPS2-2. The minimum atomic E-state index is -0.835. The summed E-state index contributed by atoms with van der Waals surface area (Å²) in [5.74, 6) is 1.09. The van der Waals surface area contributed by atoms with Gasteiger partial charge in [-0.05, 0) is 0 Å². The Bertz CT molecular complexity index is 435. The van der Waals surface area contributed by atoms with Crippen molar-refractivity contribution >= 4 is 44.0 Å². The number of rotatable bonds is 6. The van der Waals surface area contributed by atoms with Crippen molar-refractivity contribution in [2.45, 2.75) is 6.10 Å². The normalized spacial score (nSPS) is 11.2. The summed E-state index contributed by atoms with van der Waals surface area (Å²) < 4.78 is 6.18. The molecular weight excluding hydrogens is 291 g/mol. The predicted molar refractivity (Wildman–Crippen MR) is 88.4 cm³/mol. The average Bonchev–Trinajstić information content (AvgIpc) is 2.50. The van der Waals surface area contributed by atoms with Crippen LogP contribution in [0, 0.1) is 0 Å². The molecule has 0 N–H and O–H groups in total. The zero-order valence-corrected chi connectivity index (χ0v) is 13.0. The SMILES string of the molecule is [S-]CC(C[S-])OP(c1ccccc1)c1ccccc1. The molecule has 0 unspecified atom stereocenters. The first-order valence-electron chi connectivity index (χ1n) is 6.08. The summed E-state index contributed by atoms with van der Waals surface area (Å²) in [4.78, 5) is 0. The highest BCUT2D eigenvalue weighted by atomic mass is 32.1. The lowest BCUT2D eigenvalue weighted by atomic mass is 10.4. The molecule has 2 aromatic rings. The highest BCUT2D eigenvalue weighted by molar-refractivity contribution is 7.68. The molecule has 0 spiro atoms. The van der Waals surface area contributed by atoms with E-state index in [1.54, 1.807) is 0 Å². The summed E-state index contributed by atoms with van der Waals surface area (Å²) in [5.41, 5.74) is 0. The van der Waals surface area contributed by atoms with Crippen molar-refractivity contribution < 1.29 is 4.52 Å². The van der Waals surface area contributed by atoms with Gasteiger partial charge in [-0.2, -0.15) is 11.5 Å². The molecule has 0 aliphatic heterocycles. The van der Waals surface area contributed by atoms with Gasteiger partial charge in [0.25, 0.3) is 0 Å². The van der Waals surface area contributed by atoms with Crippen LogP contribution in [0.5, 0.6) is 0 Å². The Labute approximate surface area is 127 Å². The molecule has 0 saturated carbocycles. The van der Waals surface area contributed by atoms with Crippen LogP contribution in [-0.2, 0) is 29.8 Å². The van der Waals surface area contributed by atoms with Crippen molar-refractivity contribution in [2.75, 3.05) is 11.5 Å². The number of hydrogen-bond acceptors (Lipinski definition) is 3. The summed E-state index contributed by atoms with van der Waals surface area (Å²) in [6, 6.07) is 20.6. The average molecular weight is 306 g/mol. The van der Waals surface area contributed by atoms with E-state index >= 15 is 0 Å². The van der Waals surface area contributed by atoms with Crippen molar-refractivity contribution in [1.82, 2.24) is 0 Å². The molecule has 19 heavy (non-hydrogen) atoms. The van der Waals surface area contributed by atoms with Crippen LogP contribution in [0.15, 0.2) is 60.7 Å². The minimum absolute atomic E-state index is 0.0310. The second kappa shape index (κ2) is 7.96. The molecule has 0 aliphatic rings. The number of hydrogen-bond donors (Lipinski definition) is 0. The topological polar surface area (TPSA) is 9.23 Å². The molecule has 100 valence electrons. The molecule has 1 nitrogen and oxygen atoms in total. The van der Waals surface area contributed by atoms with Crippen molar-refractivity contribution in [1.29, 1.82) is 0 Å². The fourth-order valence-corrected chi connectivity index (χ4v) is 4.25. The summed E-state index contributed by atoms with van der Waals surface area (Å²) >= 11 is 10.2. The van der Waals surface area contributed by atoms with Gasteiger partial charge in [0, 0.05) is 16.7 Å². The van der Waals surface area contributed by atoms with Gasteiger partial charge in [0.1, 0.15) is 0 Å². The molecule has 2 aromatic carbocycles. The van der Waals surface area contributed by atoms with Crippen LogP contribution in [0.4, 0.5) is 0 Å². The maximum atomic E-state index is 6.18. The van der Waals surface area contributed by atoms with Crippen LogP contribution in [-0.4, -0.2) is 17.6 Å². The van der Waals surface area contributed by atoms with Crippen molar-refractivity contribution in [3.8, 4) is 0 Å². The van der Waals surface area contributed by atoms with Gasteiger partial charge in [-0.3, -0.25) is 0 Å². The zero-order valence-electron chi connectivity index (χ0n) is 10.4. The highest BCUT2D eigenvalue weighted by Gasteiger charge is 2.16. The third-order valence-corrected chi connectivity index (χ3v) is 5.39. The molecule has 0 amide bonds. The Morgan fingerprint density at radius 2 is 1.21 bits per heavy atom. The van der Waals surface area contributed by atoms with Gasteiger partial charge in [-0.1, -0.05) is 60.7 Å². The fourth-order valence-electron chi connectivity index (χ4n) is 1.66. The van der Waals surface area contributed by atoms with Crippen molar-refractivity contribution in [3.05, 3.63) is 60.7 Å². The van der Waals surface area contributed by atoms with Gasteiger partial charge in [0.2, 0.25) is 0 Å². The minimum Gasteiger partial charge on any atom is -0.790 e. The Balaban J connectivity index is 2.29. The molecule has 0 bridgehead atoms. The molecule has 2 rings (SSSR count). The highest BCUT2D eigenvalue weighted by Crippen LogP contribution is 2.36. The van der Waals surface area contributed by atoms with Gasteiger partial charge in [0.05, 0.1) is 8.15 Å². The van der Waals surface area contributed by atoms with E-state index in [1.165, 1.54) is 10.6 Å². The van der Waals surface area contributed by atoms with E-state index in [9.17, 15) is 0 Å². The van der Waals surface area contributed by atoms with E-state index in [4.69, 9.17) is 29.8 Å². The standard InChI is InChI=1S/C15H17OPS2/c18-11-13(12-19)16-17(14-7-3-1-4-8-14)15-9-5-2-6-10-15/h1-10,13,18-19H,11-12H2/p-2. The maximum Gasteiger partial charge on any atom is 0.0919 e. The van der Waals surface area contributed by atoms with Gasteiger partial charge in [0.15, 0.2) is 0 Å². The Morgan fingerprint density at radius 3 is 1.58 bits per heavy atom. The summed E-state index contributed by atoms with van der Waals surface area (Å²) in [7, 11) is -0.835. The van der Waals surface area contributed by atoms with Crippen LogP contribution in [0.3, 0.4) is 0 Å². The van der Waals surface area contributed by atoms with E-state index in [0.717, 1.165) is 0 Å². The smallest absolute Gasteiger partial charge is 0.0919 e. The summed E-state index contributed by atoms with van der Waals surface area (Å²) in [6.07, 6.45) is -0.0310. The van der Waals surface area contributed by atoms with E-state index in [-0.39, 0.29) is 6.10 Å². The largest absolute Gasteiger partial charge is 0.790 e.